The molecule has 0 spiro atoms. The number of carbonyl (C=O) groups is 2. The highest BCUT2D eigenvalue weighted by atomic mass is 16.3. The largest absolute Gasteiger partial charge is 0.389 e. The van der Waals surface area contributed by atoms with Crippen molar-refractivity contribution < 1.29 is 14.7 Å². The second-order valence-corrected chi connectivity index (χ2v) is 5.41. The maximum atomic E-state index is 12.0. The third-order valence-electron chi connectivity index (χ3n) is 3.59. The van der Waals surface area contributed by atoms with E-state index < -0.39 is 6.10 Å². The number of likely N-dealkylation sites (N-methyl/N-ethyl adjacent to an activating group) is 1. The van der Waals surface area contributed by atoms with Crippen LogP contribution in [0.15, 0.2) is 24.3 Å². The Morgan fingerprint density at radius 1 is 1.48 bits per heavy atom. The third-order valence-corrected chi connectivity index (χ3v) is 3.59. The molecule has 1 fully saturated rings. The Labute approximate surface area is 124 Å². The van der Waals surface area contributed by atoms with Gasteiger partial charge in [0.05, 0.1) is 6.10 Å². The van der Waals surface area contributed by atoms with Gasteiger partial charge >= 0.3 is 6.03 Å². The molecule has 21 heavy (non-hydrogen) atoms. The van der Waals surface area contributed by atoms with Crippen molar-refractivity contribution in [2.45, 2.75) is 31.9 Å². The number of anilines is 1. The number of likely N-dealkylation sites (tertiary alicyclic amines) is 1. The average Bonchev–Trinajstić information content (AvgIpc) is 2.43. The number of aliphatic hydroxyl groups is 1. The minimum Gasteiger partial charge on any atom is -0.389 e. The quantitative estimate of drug-likeness (QED) is 0.789. The van der Waals surface area contributed by atoms with Gasteiger partial charge in [-0.2, -0.15) is 0 Å². The van der Waals surface area contributed by atoms with Crippen LogP contribution in [0, 0.1) is 0 Å². The number of benzene rings is 1. The van der Waals surface area contributed by atoms with Gasteiger partial charge in [-0.15, -0.1) is 0 Å². The molecule has 0 aliphatic carbocycles. The molecule has 1 saturated heterocycles. The van der Waals surface area contributed by atoms with Crippen molar-refractivity contribution in [3.63, 3.8) is 0 Å². The number of piperidine rings is 1. The first kappa shape index (κ1) is 15.3. The number of carbonyl (C=O) groups excluding carboxylic acids is 2. The molecular weight excluding hydrogens is 270 g/mol. The molecule has 2 unspecified atom stereocenters. The zero-order chi connectivity index (χ0) is 15.4. The topological polar surface area (TPSA) is 81.7 Å². The van der Waals surface area contributed by atoms with Crippen LogP contribution in [0.4, 0.5) is 10.5 Å². The van der Waals surface area contributed by atoms with E-state index in [4.69, 9.17) is 0 Å². The predicted molar refractivity (Wildman–Crippen MR) is 79.9 cm³/mol. The van der Waals surface area contributed by atoms with Gasteiger partial charge in [0.25, 0.3) is 0 Å². The van der Waals surface area contributed by atoms with E-state index in [1.54, 1.807) is 43.1 Å². The second kappa shape index (κ2) is 6.58. The van der Waals surface area contributed by atoms with Gasteiger partial charge in [-0.25, -0.2) is 4.79 Å². The van der Waals surface area contributed by atoms with Gasteiger partial charge in [0.2, 0.25) is 5.91 Å². The van der Waals surface area contributed by atoms with E-state index >= 15 is 0 Å². The van der Waals surface area contributed by atoms with E-state index in [2.05, 4.69) is 10.6 Å². The summed E-state index contributed by atoms with van der Waals surface area (Å²) in [7, 11) is 1.74. The van der Waals surface area contributed by atoms with Gasteiger partial charge in [0.15, 0.2) is 0 Å². The molecule has 6 heteroatoms. The molecule has 0 bridgehead atoms. The van der Waals surface area contributed by atoms with Crippen molar-refractivity contribution in [2.24, 2.45) is 0 Å². The van der Waals surface area contributed by atoms with Gasteiger partial charge in [-0.05, 0) is 31.0 Å². The monoisotopic (exact) mass is 291 g/mol. The highest BCUT2D eigenvalue weighted by Crippen LogP contribution is 2.17. The van der Waals surface area contributed by atoms with Crippen molar-refractivity contribution in [1.82, 2.24) is 10.2 Å². The lowest BCUT2D eigenvalue weighted by atomic mass is 10.1. The van der Waals surface area contributed by atoms with Crippen LogP contribution in [0.3, 0.4) is 0 Å². The fourth-order valence-electron chi connectivity index (χ4n) is 2.36. The van der Waals surface area contributed by atoms with E-state index in [9.17, 15) is 14.7 Å². The standard InChI is InChI=1S/C15H21N3O3/c1-10(19)11-4-3-5-12(8-11)16-15(21)17-13-6-7-14(20)18(2)9-13/h3-5,8,10,13,19H,6-7,9H2,1-2H3,(H2,16,17,21). The molecule has 2 atom stereocenters. The summed E-state index contributed by atoms with van der Waals surface area (Å²) in [6.45, 7) is 2.20. The zero-order valence-electron chi connectivity index (χ0n) is 12.3. The highest BCUT2D eigenvalue weighted by Gasteiger charge is 2.23. The Bertz CT molecular complexity index is 531. The molecular formula is C15H21N3O3. The molecule has 1 aromatic rings. The van der Waals surface area contributed by atoms with E-state index in [0.717, 1.165) is 5.56 Å². The fraction of sp³-hybridized carbons (Fsp3) is 0.467. The lowest BCUT2D eigenvalue weighted by Gasteiger charge is -2.30. The summed E-state index contributed by atoms with van der Waals surface area (Å²) in [5.41, 5.74) is 1.38. The number of rotatable bonds is 3. The van der Waals surface area contributed by atoms with E-state index in [-0.39, 0.29) is 18.0 Å². The smallest absolute Gasteiger partial charge is 0.319 e. The van der Waals surface area contributed by atoms with E-state index in [1.165, 1.54) is 0 Å². The maximum absolute atomic E-state index is 12.0. The maximum Gasteiger partial charge on any atom is 0.319 e. The van der Waals surface area contributed by atoms with Crippen LogP contribution in [0.1, 0.15) is 31.4 Å². The summed E-state index contributed by atoms with van der Waals surface area (Å²) in [6.07, 6.45) is 0.538. The number of hydrogen-bond donors (Lipinski definition) is 3. The van der Waals surface area contributed by atoms with Crippen molar-refractivity contribution in [3.8, 4) is 0 Å². The van der Waals surface area contributed by atoms with Gasteiger partial charge < -0.3 is 20.6 Å². The summed E-state index contributed by atoms with van der Waals surface area (Å²) in [5.74, 6) is 0.109. The van der Waals surface area contributed by atoms with Crippen LogP contribution in [-0.4, -0.2) is 41.6 Å². The first-order valence-corrected chi connectivity index (χ1v) is 7.05. The van der Waals surface area contributed by atoms with Crippen LogP contribution in [0.2, 0.25) is 0 Å². The molecule has 6 nitrogen and oxygen atoms in total. The second-order valence-electron chi connectivity index (χ2n) is 5.41. The number of nitrogens with one attached hydrogen (secondary N) is 2. The normalized spacial score (nSPS) is 20.0. The summed E-state index contributed by atoms with van der Waals surface area (Å²) in [5, 5.41) is 15.1. The van der Waals surface area contributed by atoms with Crippen LogP contribution in [-0.2, 0) is 4.79 Å². The van der Waals surface area contributed by atoms with Crippen molar-refractivity contribution in [3.05, 3.63) is 29.8 Å². The molecule has 0 saturated carbocycles. The van der Waals surface area contributed by atoms with Crippen molar-refractivity contribution >= 4 is 17.6 Å². The molecule has 0 aromatic heterocycles. The lowest BCUT2D eigenvalue weighted by molar-refractivity contribution is -0.132. The van der Waals surface area contributed by atoms with Gasteiger partial charge in [0, 0.05) is 31.7 Å². The minimum atomic E-state index is -0.576. The molecule has 114 valence electrons. The summed E-state index contributed by atoms with van der Waals surface area (Å²) in [4.78, 5) is 25.0. The van der Waals surface area contributed by atoms with Crippen LogP contribution >= 0.6 is 0 Å². The van der Waals surface area contributed by atoms with E-state index in [1.807, 2.05) is 0 Å². The minimum absolute atomic E-state index is 0.0346. The van der Waals surface area contributed by atoms with Gasteiger partial charge in [0.1, 0.15) is 0 Å². The summed E-state index contributed by atoms with van der Waals surface area (Å²) >= 11 is 0. The SMILES string of the molecule is CC(O)c1cccc(NC(=O)NC2CCC(=O)N(C)C2)c1. The number of nitrogens with zero attached hydrogens (tertiary/aromatic N) is 1. The lowest BCUT2D eigenvalue weighted by Crippen LogP contribution is -2.49. The zero-order valence-corrected chi connectivity index (χ0v) is 12.3. The Balaban J connectivity index is 1.90. The molecule has 1 aliphatic heterocycles. The van der Waals surface area contributed by atoms with E-state index in [0.29, 0.717) is 25.1 Å². The van der Waals surface area contributed by atoms with Crippen molar-refractivity contribution in [1.29, 1.82) is 0 Å². The van der Waals surface area contributed by atoms with Crippen molar-refractivity contribution in [2.75, 3.05) is 18.9 Å². The third kappa shape index (κ3) is 4.19. The molecule has 0 radical (unpaired) electrons. The molecule has 3 N–H and O–H groups in total. The Morgan fingerprint density at radius 2 is 2.24 bits per heavy atom. The molecule has 3 amide bonds. The molecule has 1 aromatic carbocycles. The summed E-state index contributed by atoms with van der Waals surface area (Å²) in [6, 6.07) is 6.75. The Kier molecular flexibility index (Phi) is 4.80. The average molecular weight is 291 g/mol. The highest BCUT2D eigenvalue weighted by molar-refractivity contribution is 5.89. The fourth-order valence-corrected chi connectivity index (χ4v) is 2.36. The molecule has 1 aliphatic rings. The summed E-state index contributed by atoms with van der Waals surface area (Å²) < 4.78 is 0. The number of amides is 3. The Hall–Kier alpha value is -2.08. The number of urea groups is 1. The van der Waals surface area contributed by atoms with Gasteiger partial charge in [-0.3, -0.25) is 4.79 Å². The number of aliphatic hydroxyl groups excluding tert-OH is 1. The first-order valence-electron chi connectivity index (χ1n) is 7.05. The van der Waals surface area contributed by atoms with Gasteiger partial charge in [-0.1, -0.05) is 12.1 Å². The Morgan fingerprint density at radius 3 is 2.90 bits per heavy atom. The van der Waals surface area contributed by atoms with Crippen LogP contribution in [0.25, 0.3) is 0 Å². The van der Waals surface area contributed by atoms with Crippen LogP contribution in [0.5, 0.6) is 0 Å². The first-order chi connectivity index (χ1) is 9.95. The number of hydrogen-bond acceptors (Lipinski definition) is 3. The molecule has 1 heterocycles. The predicted octanol–water partition coefficient (Wildman–Crippen LogP) is 1.48. The molecule has 2 rings (SSSR count). The van der Waals surface area contributed by atoms with Crippen LogP contribution < -0.4 is 10.6 Å².